The molecular weight excluding hydrogens is 368 g/mol. The van der Waals surface area contributed by atoms with Crippen molar-refractivity contribution in [3.63, 3.8) is 0 Å². The Balaban J connectivity index is 3.81. The molecule has 5 heteroatoms. The summed E-state index contributed by atoms with van der Waals surface area (Å²) >= 11 is 0. The molecule has 0 amide bonds. The predicted molar refractivity (Wildman–Crippen MR) is 124 cm³/mol. The van der Waals surface area contributed by atoms with E-state index in [0.29, 0.717) is 6.61 Å². The molecule has 0 aromatic rings. The molecule has 27 heavy (non-hydrogen) atoms. The van der Waals surface area contributed by atoms with Gasteiger partial charge in [0.1, 0.15) is 0 Å². The van der Waals surface area contributed by atoms with Crippen LogP contribution in [0.15, 0.2) is 12.2 Å². The van der Waals surface area contributed by atoms with Crippen molar-refractivity contribution in [1.82, 2.24) is 0 Å². The molecule has 0 saturated carbocycles. The zero-order valence-corrected chi connectivity index (χ0v) is 21.3. The van der Waals surface area contributed by atoms with Crippen molar-refractivity contribution in [1.29, 1.82) is 0 Å². The van der Waals surface area contributed by atoms with Crippen molar-refractivity contribution in [2.75, 3.05) is 13.2 Å². The minimum atomic E-state index is -2.12. The van der Waals surface area contributed by atoms with Crippen molar-refractivity contribution < 1.29 is 13.0 Å². The van der Waals surface area contributed by atoms with Gasteiger partial charge in [-0.25, -0.2) is 0 Å². The highest BCUT2D eigenvalue weighted by Crippen LogP contribution is 2.17. The van der Waals surface area contributed by atoms with Gasteiger partial charge in [0.15, 0.2) is 0 Å². The molecule has 3 nitrogen and oxygen atoms in total. The lowest BCUT2D eigenvalue weighted by molar-refractivity contribution is 0.203. The fourth-order valence-electron chi connectivity index (χ4n) is 3.15. The summed E-state index contributed by atoms with van der Waals surface area (Å²) in [7, 11) is -4.22. The molecule has 0 aromatic carbocycles. The van der Waals surface area contributed by atoms with E-state index in [-0.39, 0.29) is 0 Å². The molecule has 0 N–H and O–H groups in total. The summed E-state index contributed by atoms with van der Waals surface area (Å²) in [6.07, 6.45) is 20.0. The smallest absolute Gasteiger partial charge is 0.323 e. The maximum absolute atomic E-state index is 6.34. The van der Waals surface area contributed by atoms with Gasteiger partial charge in [-0.3, -0.25) is 0 Å². The number of allylic oxidation sites excluding steroid dienone is 1. The van der Waals surface area contributed by atoms with Crippen molar-refractivity contribution >= 4 is 17.1 Å². The summed E-state index contributed by atoms with van der Waals surface area (Å²) < 4.78 is 18.5. The van der Waals surface area contributed by atoms with Crippen LogP contribution < -0.4 is 0 Å². The monoisotopic (exact) mass is 416 g/mol. The molecule has 0 aliphatic heterocycles. The third kappa shape index (κ3) is 19.2. The second kappa shape index (κ2) is 17.0. The molecule has 0 rings (SSSR count). The maximum Gasteiger partial charge on any atom is 0.323 e. The van der Waals surface area contributed by atoms with E-state index < -0.39 is 17.1 Å². The maximum atomic E-state index is 6.34. The second-order valence-corrected chi connectivity index (χ2v) is 15.5. The first kappa shape index (κ1) is 27.1. The highest BCUT2D eigenvalue weighted by atomic mass is 28.5. The van der Waals surface area contributed by atoms with Crippen LogP contribution in [-0.2, 0) is 13.0 Å². The van der Waals surface area contributed by atoms with Crippen molar-refractivity contribution in [3.8, 4) is 0 Å². The molecule has 0 spiro atoms. The predicted octanol–water partition coefficient (Wildman–Crippen LogP) is 7.72. The molecule has 0 bridgehead atoms. The summed E-state index contributed by atoms with van der Waals surface area (Å²) in [5.74, 6) is 0. The molecule has 0 heterocycles. The highest BCUT2D eigenvalue weighted by Gasteiger charge is 2.36. The van der Waals surface area contributed by atoms with Crippen LogP contribution in [0.1, 0.15) is 90.9 Å². The van der Waals surface area contributed by atoms with E-state index in [2.05, 4.69) is 52.2 Å². The third-order valence-electron chi connectivity index (χ3n) is 4.61. The normalized spacial score (nSPS) is 13.0. The van der Waals surface area contributed by atoms with Crippen LogP contribution in [0.3, 0.4) is 0 Å². The first-order valence-corrected chi connectivity index (χ1v) is 17.1. The Hall–Kier alpha value is 0.0538. The second-order valence-electron chi connectivity index (χ2n) is 8.50. The standard InChI is InChI=1S/C22H48O3Si2/c1-7-9-11-13-14-15-16-18-20-22-24-27(5,6)25-26(3,4)23-21-19-17-12-10-8-2/h18,20H,7-17,19,21-22H2,1-6H3/b20-18+. The van der Waals surface area contributed by atoms with E-state index in [1.807, 2.05) is 0 Å². The van der Waals surface area contributed by atoms with Gasteiger partial charge in [-0.1, -0.05) is 83.8 Å². The van der Waals surface area contributed by atoms with Gasteiger partial charge < -0.3 is 13.0 Å². The Kier molecular flexibility index (Phi) is 17.0. The minimum Gasteiger partial charge on any atom is -0.415 e. The summed E-state index contributed by atoms with van der Waals surface area (Å²) in [4.78, 5) is 0. The number of hydrogen-bond acceptors (Lipinski definition) is 3. The topological polar surface area (TPSA) is 27.7 Å². The van der Waals surface area contributed by atoms with Crippen LogP contribution in [0, 0.1) is 0 Å². The van der Waals surface area contributed by atoms with Crippen LogP contribution in [0.4, 0.5) is 0 Å². The van der Waals surface area contributed by atoms with E-state index >= 15 is 0 Å². The zero-order chi connectivity index (χ0) is 20.4. The van der Waals surface area contributed by atoms with Gasteiger partial charge in [-0.2, -0.15) is 0 Å². The number of hydrogen-bond donors (Lipinski definition) is 0. The quantitative estimate of drug-likeness (QED) is 0.122. The van der Waals surface area contributed by atoms with Crippen LogP contribution >= 0.6 is 0 Å². The SMILES string of the molecule is CCCCCCCC/C=C/CO[Si](C)(C)O[Si](C)(C)OCCCCCCC. The molecular formula is C22H48O3Si2. The van der Waals surface area contributed by atoms with Gasteiger partial charge in [0.05, 0.1) is 6.61 Å². The average Bonchev–Trinajstić information content (AvgIpc) is 2.58. The van der Waals surface area contributed by atoms with Crippen LogP contribution in [-0.4, -0.2) is 30.3 Å². The molecule has 0 saturated heterocycles. The van der Waals surface area contributed by atoms with Crippen molar-refractivity contribution in [3.05, 3.63) is 12.2 Å². The fraction of sp³-hybridized carbons (Fsp3) is 0.909. The van der Waals surface area contributed by atoms with Gasteiger partial charge in [0, 0.05) is 6.61 Å². The van der Waals surface area contributed by atoms with Crippen LogP contribution in [0.25, 0.3) is 0 Å². The summed E-state index contributed by atoms with van der Waals surface area (Å²) in [6, 6.07) is 0. The molecule has 0 aliphatic rings. The number of unbranched alkanes of at least 4 members (excludes halogenated alkanes) is 10. The Morgan fingerprint density at radius 3 is 1.74 bits per heavy atom. The Morgan fingerprint density at radius 1 is 0.593 bits per heavy atom. The van der Waals surface area contributed by atoms with Gasteiger partial charge >= 0.3 is 17.1 Å². The van der Waals surface area contributed by atoms with Gasteiger partial charge in [-0.15, -0.1) is 0 Å². The van der Waals surface area contributed by atoms with E-state index in [4.69, 9.17) is 13.0 Å². The molecule has 0 radical (unpaired) electrons. The first-order chi connectivity index (χ1) is 12.8. The summed E-state index contributed by atoms with van der Waals surface area (Å²) in [5.41, 5.74) is 0. The van der Waals surface area contributed by atoms with Gasteiger partial charge in [0.25, 0.3) is 0 Å². The molecule has 0 aliphatic carbocycles. The third-order valence-corrected chi connectivity index (χ3v) is 10.3. The Morgan fingerprint density at radius 2 is 1.11 bits per heavy atom. The van der Waals surface area contributed by atoms with E-state index in [0.717, 1.165) is 13.0 Å². The lowest BCUT2D eigenvalue weighted by atomic mass is 10.1. The summed E-state index contributed by atoms with van der Waals surface area (Å²) in [5, 5.41) is 0. The van der Waals surface area contributed by atoms with E-state index in [1.54, 1.807) is 0 Å². The lowest BCUT2D eigenvalue weighted by Crippen LogP contribution is -2.48. The molecule has 0 aromatic heterocycles. The Bertz CT molecular complexity index is 357. The van der Waals surface area contributed by atoms with Crippen LogP contribution in [0.5, 0.6) is 0 Å². The minimum absolute atomic E-state index is 0.663. The van der Waals surface area contributed by atoms with Crippen molar-refractivity contribution in [2.24, 2.45) is 0 Å². The lowest BCUT2D eigenvalue weighted by Gasteiger charge is -2.32. The first-order valence-electron chi connectivity index (χ1n) is 11.5. The average molecular weight is 417 g/mol. The highest BCUT2D eigenvalue weighted by molar-refractivity contribution is 6.78. The largest absolute Gasteiger partial charge is 0.415 e. The fourth-order valence-corrected chi connectivity index (χ4v) is 9.49. The molecule has 0 atom stereocenters. The molecule has 0 unspecified atom stereocenters. The molecule has 162 valence electrons. The zero-order valence-electron chi connectivity index (χ0n) is 19.3. The van der Waals surface area contributed by atoms with Gasteiger partial charge in [-0.05, 0) is 45.5 Å². The van der Waals surface area contributed by atoms with Crippen LogP contribution in [0.2, 0.25) is 26.2 Å². The molecule has 0 fully saturated rings. The Labute approximate surface area is 172 Å². The van der Waals surface area contributed by atoms with Gasteiger partial charge in [0.2, 0.25) is 0 Å². The van der Waals surface area contributed by atoms with Crippen molar-refractivity contribution in [2.45, 2.75) is 117 Å². The van der Waals surface area contributed by atoms with E-state index in [9.17, 15) is 0 Å². The summed E-state index contributed by atoms with van der Waals surface area (Å²) in [6.45, 7) is 14.6. The number of rotatable bonds is 19. The van der Waals surface area contributed by atoms with E-state index in [1.165, 1.54) is 70.6 Å².